The molecule has 0 aromatic heterocycles. The summed E-state index contributed by atoms with van der Waals surface area (Å²) in [6.45, 7) is 0.392. The summed E-state index contributed by atoms with van der Waals surface area (Å²) in [7, 11) is 0. The van der Waals surface area contributed by atoms with E-state index >= 15 is 0 Å². The predicted octanol–water partition coefficient (Wildman–Crippen LogP) is 5.66. The maximum atomic E-state index is 12.1. The van der Waals surface area contributed by atoms with E-state index in [4.69, 9.17) is 9.84 Å². The van der Waals surface area contributed by atoms with Crippen LogP contribution in [0, 0.1) is 0 Å². The molecule has 2 aromatic carbocycles. The third-order valence-electron chi connectivity index (χ3n) is 5.10. The number of azo groups is 1. The van der Waals surface area contributed by atoms with Crippen LogP contribution >= 0.6 is 0 Å². The van der Waals surface area contributed by atoms with Gasteiger partial charge in [-0.2, -0.15) is 5.11 Å². The van der Waals surface area contributed by atoms with Crippen LogP contribution in [0.3, 0.4) is 0 Å². The molecule has 2 aromatic rings. The fourth-order valence-corrected chi connectivity index (χ4v) is 3.33. The molecule has 0 bridgehead atoms. The molecule has 1 unspecified atom stereocenters. The lowest BCUT2D eigenvalue weighted by atomic mass is 10.0. The van der Waals surface area contributed by atoms with Crippen molar-refractivity contribution in [2.45, 2.75) is 44.6 Å². The zero-order valence-electron chi connectivity index (χ0n) is 17.7. The van der Waals surface area contributed by atoms with E-state index in [0.717, 1.165) is 37.7 Å². The molecular weight excluding hydrogens is 410 g/mol. The molecule has 32 heavy (non-hydrogen) atoms. The van der Waals surface area contributed by atoms with Crippen LogP contribution in [0.15, 0.2) is 64.8 Å². The minimum Gasteiger partial charge on any atom is -0.506 e. The number of nitrogens with one attached hydrogen (secondary N) is 1. The zero-order valence-corrected chi connectivity index (χ0v) is 17.7. The number of rotatable bonds is 7. The summed E-state index contributed by atoms with van der Waals surface area (Å²) in [6, 6.07) is 10.9. The second-order valence-electron chi connectivity index (χ2n) is 7.56. The molecule has 3 rings (SSSR count). The first-order valence-electron chi connectivity index (χ1n) is 10.7. The summed E-state index contributed by atoms with van der Waals surface area (Å²) >= 11 is 0. The van der Waals surface area contributed by atoms with Gasteiger partial charge in [-0.1, -0.05) is 18.2 Å². The predicted molar refractivity (Wildman–Crippen MR) is 120 cm³/mol. The van der Waals surface area contributed by atoms with Crippen LogP contribution in [0.4, 0.5) is 16.2 Å². The van der Waals surface area contributed by atoms with Gasteiger partial charge in [-0.05, 0) is 80.5 Å². The van der Waals surface area contributed by atoms with Gasteiger partial charge in [0.05, 0.1) is 11.3 Å². The number of nitrogens with zero attached hydrogens (tertiary/aromatic N) is 2. The monoisotopic (exact) mass is 437 g/mol. The Morgan fingerprint density at radius 2 is 1.81 bits per heavy atom. The van der Waals surface area contributed by atoms with Crippen LogP contribution in [0.2, 0.25) is 0 Å². The Bertz CT molecular complexity index is 986. The number of carboxylic acids is 1. The van der Waals surface area contributed by atoms with Crippen LogP contribution in [0.1, 0.15) is 48.0 Å². The number of hydrogen-bond donors (Lipinski definition) is 3. The van der Waals surface area contributed by atoms with Gasteiger partial charge in [0.1, 0.15) is 17.5 Å². The summed E-state index contributed by atoms with van der Waals surface area (Å²) in [4.78, 5) is 23.0. The largest absolute Gasteiger partial charge is 0.506 e. The summed E-state index contributed by atoms with van der Waals surface area (Å²) in [6.07, 6.45) is 9.07. The van der Waals surface area contributed by atoms with Gasteiger partial charge >= 0.3 is 12.1 Å². The van der Waals surface area contributed by atoms with E-state index in [1.54, 1.807) is 12.1 Å². The van der Waals surface area contributed by atoms with Crippen LogP contribution in [0.25, 0.3) is 0 Å². The van der Waals surface area contributed by atoms with Crippen molar-refractivity contribution >= 4 is 23.4 Å². The molecule has 0 fully saturated rings. The lowest BCUT2D eigenvalue weighted by Crippen LogP contribution is -2.30. The number of allylic oxidation sites excluding steroid dienone is 2. The number of alkyl carbamates (subject to hydrolysis) is 1. The number of carboxylic acid groups (broad SMARTS) is 1. The Morgan fingerprint density at radius 3 is 2.59 bits per heavy atom. The zero-order chi connectivity index (χ0) is 22.8. The first kappa shape index (κ1) is 23.0. The number of ether oxygens (including phenoxy) is 1. The third kappa shape index (κ3) is 7.23. The van der Waals surface area contributed by atoms with Gasteiger partial charge in [0.25, 0.3) is 0 Å². The third-order valence-corrected chi connectivity index (χ3v) is 5.10. The molecule has 1 aliphatic rings. The van der Waals surface area contributed by atoms with Crippen LogP contribution in [-0.4, -0.2) is 34.9 Å². The molecule has 0 saturated heterocycles. The molecule has 0 aliphatic heterocycles. The molecule has 1 amide bonds. The first-order chi connectivity index (χ1) is 15.5. The average Bonchev–Trinajstić information content (AvgIpc) is 2.76. The number of phenolic OH excluding ortho intramolecular Hbond substituents is 1. The molecule has 0 spiro atoms. The summed E-state index contributed by atoms with van der Waals surface area (Å²) < 4.78 is 5.52. The Balaban J connectivity index is 1.51. The van der Waals surface area contributed by atoms with E-state index in [1.165, 1.54) is 30.3 Å². The molecule has 3 N–H and O–H groups in total. The highest BCUT2D eigenvalue weighted by atomic mass is 16.6. The molecule has 8 heteroatoms. The maximum Gasteiger partial charge on any atom is 0.407 e. The quantitative estimate of drug-likeness (QED) is 0.381. The minimum atomic E-state index is -1.02. The van der Waals surface area contributed by atoms with Crippen molar-refractivity contribution in [2.75, 3.05) is 6.54 Å². The number of phenols is 1. The second-order valence-corrected chi connectivity index (χ2v) is 7.56. The standard InChI is InChI=1S/C24H27N3O5/c28-22-13-8-17(14-15-25-24(31)32-20-6-4-2-1-3-5-7-20)16-21(22)27-26-19-11-9-18(10-12-19)23(29)30/h1-2,8-13,16,20,28H,3-7,14-15H2,(H,25,31)(H,29,30)/b2-1+,27-26+. The van der Waals surface area contributed by atoms with Crippen LogP contribution in [0.5, 0.6) is 5.75 Å². The maximum absolute atomic E-state index is 12.1. The smallest absolute Gasteiger partial charge is 0.407 e. The van der Waals surface area contributed by atoms with Crippen molar-refractivity contribution in [3.63, 3.8) is 0 Å². The number of aromatic hydroxyl groups is 1. The molecule has 0 heterocycles. The van der Waals surface area contributed by atoms with Gasteiger partial charge in [0.15, 0.2) is 0 Å². The summed E-state index contributed by atoms with van der Waals surface area (Å²) in [5, 5.41) is 29.9. The van der Waals surface area contributed by atoms with Crippen LogP contribution in [-0.2, 0) is 11.2 Å². The number of benzene rings is 2. The van der Waals surface area contributed by atoms with E-state index in [1.807, 2.05) is 0 Å². The lowest BCUT2D eigenvalue weighted by molar-refractivity contribution is 0.0696. The van der Waals surface area contributed by atoms with Gasteiger partial charge in [0.2, 0.25) is 0 Å². The fourth-order valence-electron chi connectivity index (χ4n) is 3.33. The van der Waals surface area contributed by atoms with E-state index < -0.39 is 12.1 Å². The molecule has 0 saturated carbocycles. The Labute approximate surface area is 186 Å². The van der Waals surface area contributed by atoms with Crippen LogP contribution < -0.4 is 5.32 Å². The highest BCUT2D eigenvalue weighted by Crippen LogP contribution is 2.29. The number of carbonyl (C=O) groups excluding carboxylic acids is 1. The topological polar surface area (TPSA) is 121 Å². The van der Waals surface area contributed by atoms with Crippen molar-refractivity contribution < 1.29 is 24.5 Å². The van der Waals surface area contributed by atoms with Crippen molar-refractivity contribution in [1.29, 1.82) is 0 Å². The van der Waals surface area contributed by atoms with E-state index in [-0.39, 0.29) is 23.1 Å². The normalized spacial score (nSPS) is 17.3. The number of aromatic carboxylic acids is 1. The van der Waals surface area contributed by atoms with Gasteiger partial charge in [-0.25, -0.2) is 9.59 Å². The Kier molecular flexibility index (Phi) is 8.36. The van der Waals surface area contributed by atoms with Gasteiger partial charge in [-0.15, -0.1) is 5.11 Å². The second kappa shape index (κ2) is 11.6. The van der Waals surface area contributed by atoms with Gasteiger partial charge in [-0.3, -0.25) is 0 Å². The van der Waals surface area contributed by atoms with Crippen molar-refractivity contribution in [3.05, 3.63) is 65.7 Å². The van der Waals surface area contributed by atoms with Crippen molar-refractivity contribution in [3.8, 4) is 5.75 Å². The van der Waals surface area contributed by atoms with E-state index in [9.17, 15) is 14.7 Å². The van der Waals surface area contributed by atoms with Gasteiger partial charge in [0, 0.05) is 6.54 Å². The fraction of sp³-hybridized carbons (Fsp3) is 0.333. The molecule has 1 atom stereocenters. The highest BCUT2D eigenvalue weighted by Gasteiger charge is 2.14. The molecule has 0 radical (unpaired) electrons. The van der Waals surface area contributed by atoms with Gasteiger partial charge < -0.3 is 20.3 Å². The number of amides is 1. The van der Waals surface area contributed by atoms with Crippen molar-refractivity contribution in [1.82, 2.24) is 5.32 Å². The van der Waals surface area contributed by atoms with E-state index in [0.29, 0.717) is 18.7 Å². The van der Waals surface area contributed by atoms with Crippen molar-refractivity contribution in [2.24, 2.45) is 10.2 Å². The number of carbonyl (C=O) groups is 2. The van der Waals surface area contributed by atoms with E-state index in [2.05, 4.69) is 27.7 Å². The molecule has 1 aliphatic carbocycles. The Hall–Kier alpha value is -3.68. The Morgan fingerprint density at radius 1 is 1.03 bits per heavy atom. The molecular formula is C24H27N3O5. The lowest BCUT2D eigenvalue weighted by Gasteiger charge is -2.18. The SMILES string of the molecule is O=C(NCCc1ccc(O)c(/N=N/c2ccc(C(=O)O)cc2)c1)OC1CC/C=C/CCC1. The summed E-state index contributed by atoms with van der Waals surface area (Å²) in [5.41, 5.74) is 1.78. The summed E-state index contributed by atoms with van der Waals surface area (Å²) in [5.74, 6) is -1.04. The molecule has 168 valence electrons. The number of hydrogen-bond acceptors (Lipinski definition) is 6. The first-order valence-corrected chi connectivity index (χ1v) is 10.7. The minimum absolute atomic E-state index is 0.0228. The average molecular weight is 437 g/mol. The highest BCUT2D eigenvalue weighted by molar-refractivity contribution is 5.87. The molecule has 8 nitrogen and oxygen atoms in total.